The Kier molecular flexibility index (Phi) is 7.03. The van der Waals surface area contributed by atoms with Gasteiger partial charge in [0.25, 0.3) is 0 Å². The molecular weight excluding hydrogens is 639 g/mol. The largest absolute Gasteiger partial charge is 0.436 e. The van der Waals surface area contributed by atoms with Crippen LogP contribution in [0.4, 0.5) is 0 Å². The van der Waals surface area contributed by atoms with Gasteiger partial charge in [-0.25, -0.2) is 19.9 Å². The first-order valence-electron chi connectivity index (χ1n) is 17.2. The lowest BCUT2D eigenvalue weighted by Crippen LogP contribution is -2.00. The summed E-state index contributed by atoms with van der Waals surface area (Å²) in [6.07, 6.45) is 0. The van der Waals surface area contributed by atoms with Crippen LogP contribution in [0.3, 0.4) is 0 Å². The highest BCUT2D eigenvalue weighted by Crippen LogP contribution is 2.37. The molecule has 3 heterocycles. The van der Waals surface area contributed by atoms with Gasteiger partial charge >= 0.3 is 0 Å². The van der Waals surface area contributed by atoms with Crippen LogP contribution in [0, 0.1) is 0 Å². The highest BCUT2D eigenvalue weighted by atomic mass is 16.3. The Balaban J connectivity index is 1.07. The average Bonchev–Trinajstić information content (AvgIpc) is 3.81. The minimum atomic E-state index is 0.617. The summed E-state index contributed by atoms with van der Waals surface area (Å²) in [6, 6.07) is 60.1. The molecule has 0 bridgehead atoms. The van der Waals surface area contributed by atoms with Crippen molar-refractivity contribution in [2.75, 3.05) is 0 Å². The van der Waals surface area contributed by atoms with Gasteiger partial charge in [0, 0.05) is 38.7 Å². The fourth-order valence-corrected chi connectivity index (χ4v) is 6.98. The Labute approximate surface area is 299 Å². The van der Waals surface area contributed by atoms with Gasteiger partial charge in [-0.3, -0.25) is 0 Å². The van der Waals surface area contributed by atoms with Gasteiger partial charge in [-0.05, 0) is 65.7 Å². The molecule has 0 atom stereocenters. The van der Waals surface area contributed by atoms with Crippen LogP contribution in [0.25, 0.3) is 95.3 Å². The first-order chi connectivity index (χ1) is 25.7. The standard InChI is InChI=1S/C46H29N5O/c1-3-13-30(14-4-1)43-48-44(31-15-5-2-6-16-31)50-45(49-43)34-19-11-17-32(27-34)33-18-12-20-36(28-33)51-40-23-9-7-21-37(40)38-29-35(25-26-41(38)51)46-47-39-22-8-10-24-42(39)52-46/h1-29H. The number of fused-ring (bicyclic) bond motifs is 4. The molecule has 0 N–H and O–H groups in total. The van der Waals surface area contributed by atoms with E-state index < -0.39 is 0 Å². The fourth-order valence-electron chi connectivity index (χ4n) is 6.98. The van der Waals surface area contributed by atoms with Crippen molar-refractivity contribution in [1.29, 1.82) is 0 Å². The van der Waals surface area contributed by atoms with E-state index in [2.05, 4.69) is 95.6 Å². The lowest BCUT2D eigenvalue weighted by molar-refractivity contribution is 0.620. The molecule has 10 aromatic rings. The molecule has 0 saturated heterocycles. The predicted octanol–water partition coefficient (Wildman–Crippen LogP) is 11.4. The Morgan fingerprint density at radius 2 is 0.942 bits per heavy atom. The molecule has 6 heteroatoms. The second-order valence-electron chi connectivity index (χ2n) is 12.7. The fraction of sp³-hybridized carbons (Fsp3) is 0. The maximum absolute atomic E-state index is 6.14. The summed E-state index contributed by atoms with van der Waals surface area (Å²) < 4.78 is 8.47. The maximum atomic E-state index is 6.14. The lowest BCUT2D eigenvalue weighted by Gasteiger charge is -2.12. The molecule has 0 aliphatic rings. The first kappa shape index (κ1) is 29.7. The van der Waals surface area contributed by atoms with Crippen molar-refractivity contribution in [2.45, 2.75) is 0 Å². The molecule has 244 valence electrons. The molecule has 0 spiro atoms. The second kappa shape index (κ2) is 12.3. The number of benzene rings is 7. The van der Waals surface area contributed by atoms with Crippen molar-refractivity contribution in [2.24, 2.45) is 0 Å². The van der Waals surface area contributed by atoms with Crippen LogP contribution in [-0.4, -0.2) is 24.5 Å². The van der Waals surface area contributed by atoms with Crippen LogP contribution in [0.2, 0.25) is 0 Å². The van der Waals surface area contributed by atoms with E-state index in [0.717, 1.165) is 66.6 Å². The lowest BCUT2D eigenvalue weighted by atomic mass is 10.0. The van der Waals surface area contributed by atoms with Gasteiger partial charge in [-0.1, -0.05) is 121 Å². The van der Waals surface area contributed by atoms with Crippen LogP contribution in [0.1, 0.15) is 0 Å². The van der Waals surface area contributed by atoms with Gasteiger partial charge in [-0.15, -0.1) is 0 Å². The van der Waals surface area contributed by atoms with Crippen LogP contribution < -0.4 is 0 Å². The number of rotatable bonds is 6. The molecule has 3 aromatic heterocycles. The van der Waals surface area contributed by atoms with E-state index in [1.165, 1.54) is 5.39 Å². The minimum Gasteiger partial charge on any atom is -0.436 e. The molecule has 6 nitrogen and oxygen atoms in total. The van der Waals surface area contributed by atoms with Crippen molar-refractivity contribution < 1.29 is 4.42 Å². The van der Waals surface area contributed by atoms with Gasteiger partial charge in [0.05, 0.1) is 11.0 Å². The molecule has 0 radical (unpaired) electrons. The van der Waals surface area contributed by atoms with Crippen molar-refractivity contribution in [3.8, 4) is 62.4 Å². The number of hydrogen-bond donors (Lipinski definition) is 0. The summed E-state index contributed by atoms with van der Waals surface area (Å²) in [5, 5.41) is 2.31. The highest BCUT2D eigenvalue weighted by molar-refractivity contribution is 6.10. The van der Waals surface area contributed by atoms with E-state index in [1.807, 2.05) is 84.9 Å². The third kappa shape index (κ3) is 5.22. The van der Waals surface area contributed by atoms with Gasteiger partial charge in [0.15, 0.2) is 23.1 Å². The third-order valence-electron chi connectivity index (χ3n) is 9.47. The Morgan fingerprint density at radius 1 is 0.365 bits per heavy atom. The Morgan fingerprint density at radius 3 is 1.69 bits per heavy atom. The topological polar surface area (TPSA) is 69.6 Å². The van der Waals surface area contributed by atoms with E-state index in [9.17, 15) is 0 Å². The third-order valence-corrected chi connectivity index (χ3v) is 9.47. The first-order valence-corrected chi connectivity index (χ1v) is 17.2. The van der Waals surface area contributed by atoms with E-state index in [4.69, 9.17) is 24.4 Å². The number of para-hydroxylation sites is 3. The van der Waals surface area contributed by atoms with Crippen LogP contribution in [0.15, 0.2) is 180 Å². The zero-order valence-electron chi connectivity index (χ0n) is 27.9. The van der Waals surface area contributed by atoms with Crippen molar-refractivity contribution >= 4 is 32.9 Å². The quantitative estimate of drug-likeness (QED) is 0.176. The molecule has 0 amide bonds. The molecule has 0 unspecified atom stereocenters. The zero-order chi connectivity index (χ0) is 34.4. The van der Waals surface area contributed by atoms with Crippen molar-refractivity contribution in [1.82, 2.24) is 24.5 Å². The number of oxazole rings is 1. The van der Waals surface area contributed by atoms with Gasteiger partial charge in [0.2, 0.25) is 5.89 Å². The smallest absolute Gasteiger partial charge is 0.227 e. The monoisotopic (exact) mass is 667 g/mol. The van der Waals surface area contributed by atoms with E-state index >= 15 is 0 Å². The maximum Gasteiger partial charge on any atom is 0.227 e. The number of hydrogen-bond acceptors (Lipinski definition) is 5. The zero-order valence-corrected chi connectivity index (χ0v) is 27.9. The molecular formula is C46H29N5O. The van der Waals surface area contributed by atoms with Gasteiger partial charge in [-0.2, -0.15) is 0 Å². The molecule has 0 aliphatic heterocycles. The Hall–Kier alpha value is -7.18. The van der Waals surface area contributed by atoms with Gasteiger partial charge < -0.3 is 8.98 Å². The highest BCUT2D eigenvalue weighted by Gasteiger charge is 2.17. The van der Waals surface area contributed by atoms with Crippen molar-refractivity contribution in [3.05, 3.63) is 176 Å². The van der Waals surface area contributed by atoms with Crippen molar-refractivity contribution in [3.63, 3.8) is 0 Å². The van der Waals surface area contributed by atoms with Gasteiger partial charge in [0.1, 0.15) is 5.52 Å². The van der Waals surface area contributed by atoms with E-state index in [1.54, 1.807) is 0 Å². The molecule has 0 aliphatic carbocycles. The summed E-state index contributed by atoms with van der Waals surface area (Å²) in [5.74, 6) is 2.53. The van der Waals surface area contributed by atoms with Crippen LogP contribution in [-0.2, 0) is 0 Å². The minimum absolute atomic E-state index is 0.617. The molecule has 0 saturated carbocycles. The number of aromatic nitrogens is 5. The SMILES string of the molecule is c1ccc(-c2nc(-c3ccccc3)nc(-c3cccc(-c4cccc(-n5c6ccccc6c6cc(-c7nc8ccccc8o7)ccc65)c4)c3)n2)cc1. The van der Waals surface area contributed by atoms with E-state index in [-0.39, 0.29) is 0 Å². The normalized spacial score (nSPS) is 11.5. The number of nitrogens with zero attached hydrogens (tertiary/aromatic N) is 5. The summed E-state index contributed by atoms with van der Waals surface area (Å²) in [5.41, 5.74) is 10.9. The van der Waals surface area contributed by atoms with Crippen LogP contribution >= 0.6 is 0 Å². The van der Waals surface area contributed by atoms with E-state index in [0.29, 0.717) is 23.4 Å². The average molecular weight is 668 g/mol. The summed E-state index contributed by atoms with van der Waals surface area (Å²) >= 11 is 0. The Bertz CT molecular complexity index is 2820. The van der Waals surface area contributed by atoms with Crippen LogP contribution in [0.5, 0.6) is 0 Å². The second-order valence-corrected chi connectivity index (χ2v) is 12.7. The molecule has 0 fully saturated rings. The summed E-state index contributed by atoms with van der Waals surface area (Å²) in [4.78, 5) is 19.6. The predicted molar refractivity (Wildman–Crippen MR) is 209 cm³/mol. The molecule has 52 heavy (non-hydrogen) atoms. The molecule has 7 aromatic carbocycles. The summed E-state index contributed by atoms with van der Waals surface area (Å²) in [7, 11) is 0. The summed E-state index contributed by atoms with van der Waals surface area (Å²) in [6.45, 7) is 0. The molecule has 10 rings (SSSR count).